The number of urea groups is 1. The Balaban J connectivity index is 1.86. The highest BCUT2D eigenvalue weighted by Gasteiger charge is 2.53. The largest absolute Gasteiger partial charge is 0.416 e. The second-order valence-electron chi connectivity index (χ2n) is 8.87. The molecule has 2 amide bonds. The SMILES string of the molecule is CC1(C)[C@H](c2cccc(C#N)c2)N(c2ccc(C(F)(F)F)cc2)C(=O)N1c1ccc(C(F)(F)F)cc1. The average molecular weight is 503 g/mol. The maximum Gasteiger partial charge on any atom is 0.416 e. The normalized spacial score (nSPS) is 17.9. The number of carbonyl (C=O) groups is 1. The number of hydrogen-bond acceptors (Lipinski definition) is 2. The quantitative estimate of drug-likeness (QED) is 0.346. The number of nitriles is 1. The first-order valence-corrected chi connectivity index (χ1v) is 10.7. The predicted octanol–water partition coefficient (Wildman–Crippen LogP) is 7.56. The molecule has 0 aromatic heterocycles. The predicted molar refractivity (Wildman–Crippen MR) is 121 cm³/mol. The highest BCUT2D eigenvalue weighted by Crippen LogP contribution is 2.48. The Morgan fingerprint density at radius 3 is 1.78 bits per heavy atom. The molecule has 4 rings (SSSR count). The molecule has 0 radical (unpaired) electrons. The first-order chi connectivity index (χ1) is 16.7. The number of carbonyl (C=O) groups excluding carboxylic acids is 1. The number of amides is 2. The molecular weight excluding hydrogens is 484 g/mol. The molecule has 0 spiro atoms. The molecule has 36 heavy (non-hydrogen) atoms. The van der Waals surface area contributed by atoms with Crippen LogP contribution < -0.4 is 9.80 Å². The van der Waals surface area contributed by atoms with E-state index in [-0.39, 0.29) is 11.4 Å². The minimum atomic E-state index is -4.57. The van der Waals surface area contributed by atoms with Gasteiger partial charge in [-0.2, -0.15) is 31.6 Å². The Bertz CT molecular complexity index is 1320. The van der Waals surface area contributed by atoms with Crippen molar-refractivity contribution in [1.82, 2.24) is 0 Å². The smallest absolute Gasteiger partial charge is 0.286 e. The van der Waals surface area contributed by atoms with E-state index in [0.29, 0.717) is 11.1 Å². The second kappa shape index (κ2) is 8.59. The van der Waals surface area contributed by atoms with Crippen molar-refractivity contribution in [1.29, 1.82) is 5.26 Å². The Labute approximate surface area is 203 Å². The zero-order valence-corrected chi connectivity index (χ0v) is 19.0. The van der Waals surface area contributed by atoms with Crippen LogP contribution in [0.25, 0.3) is 0 Å². The summed E-state index contributed by atoms with van der Waals surface area (Å²) in [6.45, 7) is 3.41. The van der Waals surface area contributed by atoms with E-state index >= 15 is 0 Å². The molecule has 4 nitrogen and oxygen atoms in total. The highest BCUT2D eigenvalue weighted by molar-refractivity contribution is 6.08. The molecule has 0 aliphatic carbocycles. The molecule has 10 heteroatoms. The number of alkyl halides is 6. The third-order valence-electron chi connectivity index (χ3n) is 6.16. The van der Waals surface area contributed by atoms with E-state index < -0.39 is 41.1 Å². The Morgan fingerprint density at radius 1 is 0.806 bits per heavy atom. The van der Waals surface area contributed by atoms with Crippen molar-refractivity contribution in [3.05, 3.63) is 95.1 Å². The first-order valence-electron chi connectivity index (χ1n) is 10.7. The maximum absolute atomic E-state index is 13.8. The van der Waals surface area contributed by atoms with E-state index in [2.05, 4.69) is 0 Å². The number of hydrogen-bond donors (Lipinski definition) is 0. The number of anilines is 2. The van der Waals surface area contributed by atoms with E-state index in [1.807, 2.05) is 6.07 Å². The van der Waals surface area contributed by atoms with Crippen molar-refractivity contribution in [2.24, 2.45) is 0 Å². The number of halogens is 6. The summed E-state index contributed by atoms with van der Waals surface area (Å²) in [6, 6.07) is 15.2. The van der Waals surface area contributed by atoms with Crippen LogP contribution in [0.4, 0.5) is 42.5 Å². The van der Waals surface area contributed by atoms with E-state index in [9.17, 15) is 36.4 Å². The lowest BCUT2D eigenvalue weighted by molar-refractivity contribution is -0.138. The zero-order valence-electron chi connectivity index (χ0n) is 19.0. The fourth-order valence-electron chi connectivity index (χ4n) is 4.55. The fourth-order valence-corrected chi connectivity index (χ4v) is 4.55. The molecule has 1 saturated heterocycles. The van der Waals surface area contributed by atoms with Crippen molar-refractivity contribution in [2.75, 3.05) is 9.80 Å². The summed E-state index contributed by atoms with van der Waals surface area (Å²) in [7, 11) is 0. The van der Waals surface area contributed by atoms with Gasteiger partial charge in [-0.15, -0.1) is 0 Å². The van der Waals surface area contributed by atoms with E-state index in [0.717, 1.165) is 24.3 Å². The molecule has 1 atom stereocenters. The van der Waals surface area contributed by atoms with Gasteiger partial charge in [-0.1, -0.05) is 12.1 Å². The molecular formula is C26H19F6N3O. The van der Waals surface area contributed by atoms with Gasteiger partial charge in [-0.25, -0.2) is 4.79 Å². The Hall–Kier alpha value is -4.00. The third-order valence-corrected chi connectivity index (χ3v) is 6.16. The molecule has 0 bridgehead atoms. The average Bonchev–Trinajstić information content (AvgIpc) is 3.02. The van der Waals surface area contributed by atoms with Crippen LogP contribution in [-0.4, -0.2) is 11.6 Å². The van der Waals surface area contributed by atoms with Crippen LogP contribution in [0, 0.1) is 11.3 Å². The fraction of sp³-hybridized carbons (Fsp3) is 0.231. The minimum Gasteiger partial charge on any atom is -0.286 e. The molecule has 3 aromatic rings. The van der Waals surface area contributed by atoms with Gasteiger partial charge in [0.15, 0.2) is 0 Å². The molecule has 1 fully saturated rings. The van der Waals surface area contributed by atoms with Gasteiger partial charge in [0.05, 0.1) is 34.3 Å². The molecule has 1 heterocycles. The minimum absolute atomic E-state index is 0.169. The van der Waals surface area contributed by atoms with Crippen LogP contribution in [-0.2, 0) is 12.4 Å². The number of benzene rings is 3. The third kappa shape index (κ3) is 4.37. The van der Waals surface area contributed by atoms with Crippen molar-refractivity contribution in [2.45, 2.75) is 37.8 Å². The van der Waals surface area contributed by atoms with Gasteiger partial charge in [-0.3, -0.25) is 9.80 Å². The molecule has 186 valence electrons. The molecule has 1 aliphatic heterocycles. The van der Waals surface area contributed by atoms with Gasteiger partial charge in [0, 0.05) is 11.4 Å². The first kappa shape index (κ1) is 25.1. The van der Waals surface area contributed by atoms with Gasteiger partial charge < -0.3 is 0 Å². The van der Waals surface area contributed by atoms with Crippen LogP contribution in [0.1, 0.15) is 42.1 Å². The lowest BCUT2D eigenvalue weighted by atomic mass is 9.87. The maximum atomic E-state index is 13.8. The zero-order chi connectivity index (χ0) is 26.5. The molecule has 0 unspecified atom stereocenters. The lowest BCUT2D eigenvalue weighted by Gasteiger charge is -2.35. The van der Waals surface area contributed by atoms with Crippen molar-refractivity contribution >= 4 is 17.4 Å². The van der Waals surface area contributed by atoms with Crippen molar-refractivity contribution in [3.8, 4) is 6.07 Å². The van der Waals surface area contributed by atoms with Crippen molar-refractivity contribution < 1.29 is 31.1 Å². The Kier molecular flexibility index (Phi) is 5.99. The van der Waals surface area contributed by atoms with Crippen LogP contribution in [0.2, 0.25) is 0 Å². The van der Waals surface area contributed by atoms with E-state index in [4.69, 9.17) is 0 Å². The van der Waals surface area contributed by atoms with Gasteiger partial charge in [-0.05, 0) is 80.1 Å². The van der Waals surface area contributed by atoms with Gasteiger partial charge >= 0.3 is 18.4 Å². The van der Waals surface area contributed by atoms with E-state index in [1.54, 1.807) is 38.1 Å². The van der Waals surface area contributed by atoms with Crippen LogP contribution >= 0.6 is 0 Å². The standard InChI is InChI=1S/C26H19F6N3O/c1-24(2)22(17-5-3-4-16(14-17)15-33)34(20-10-6-18(7-11-20)25(27,28)29)23(36)35(24)21-12-8-19(9-13-21)26(30,31)32/h3-14,22H,1-2H3/t22-/m0/s1. The molecule has 1 aliphatic rings. The summed E-state index contributed by atoms with van der Waals surface area (Å²) < 4.78 is 78.6. The van der Waals surface area contributed by atoms with Gasteiger partial charge in [0.2, 0.25) is 0 Å². The van der Waals surface area contributed by atoms with Gasteiger partial charge in [0.25, 0.3) is 0 Å². The number of nitrogens with zero attached hydrogens (tertiary/aromatic N) is 3. The summed E-state index contributed by atoms with van der Waals surface area (Å²) in [5, 5.41) is 9.36. The summed E-state index contributed by atoms with van der Waals surface area (Å²) >= 11 is 0. The van der Waals surface area contributed by atoms with Crippen LogP contribution in [0.3, 0.4) is 0 Å². The second-order valence-corrected chi connectivity index (χ2v) is 8.87. The summed E-state index contributed by atoms with van der Waals surface area (Å²) in [4.78, 5) is 16.4. The lowest BCUT2D eigenvalue weighted by Crippen LogP contribution is -2.43. The monoisotopic (exact) mass is 503 g/mol. The summed E-state index contributed by atoms with van der Waals surface area (Å²) in [6.07, 6.45) is -9.13. The topological polar surface area (TPSA) is 47.3 Å². The van der Waals surface area contributed by atoms with E-state index in [1.165, 1.54) is 34.1 Å². The van der Waals surface area contributed by atoms with Crippen LogP contribution in [0.5, 0.6) is 0 Å². The van der Waals surface area contributed by atoms with Crippen molar-refractivity contribution in [3.63, 3.8) is 0 Å². The Morgan fingerprint density at radius 2 is 1.31 bits per heavy atom. The summed E-state index contributed by atoms with van der Waals surface area (Å²) in [5.41, 5.74) is -1.63. The summed E-state index contributed by atoms with van der Waals surface area (Å²) in [5.74, 6) is 0. The van der Waals surface area contributed by atoms with Crippen LogP contribution in [0.15, 0.2) is 72.8 Å². The van der Waals surface area contributed by atoms with Gasteiger partial charge in [0.1, 0.15) is 0 Å². The number of rotatable bonds is 3. The molecule has 0 N–H and O–H groups in total. The molecule has 0 saturated carbocycles. The highest BCUT2D eigenvalue weighted by atomic mass is 19.4. The molecule has 3 aromatic carbocycles.